The maximum Gasteiger partial charge on any atom is 0.146 e. The summed E-state index contributed by atoms with van der Waals surface area (Å²) in [6.45, 7) is 2.54. The van der Waals surface area contributed by atoms with Gasteiger partial charge in [-0.2, -0.15) is 11.8 Å². The van der Waals surface area contributed by atoms with Crippen LogP contribution >= 0.6 is 11.8 Å². The molecule has 4 nitrogen and oxygen atoms in total. The van der Waals surface area contributed by atoms with Gasteiger partial charge in [-0.3, -0.25) is 10.2 Å². The number of rotatable bonds is 10. The first-order chi connectivity index (χ1) is 8.69. The van der Waals surface area contributed by atoms with Gasteiger partial charge in [0.2, 0.25) is 0 Å². The predicted molar refractivity (Wildman–Crippen MR) is 77.3 cm³/mol. The lowest BCUT2D eigenvalue weighted by Gasteiger charge is -2.15. The van der Waals surface area contributed by atoms with Crippen LogP contribution in [0.5, 0.6) is 0 Å². The van der Waals surface area contributed by atoms with Crippen LogP contribution in [0.15, 0.2) is 11.6 Å². The van der Waals surface area contributed by atoms with Crippen molar-refractivity contribution < 1.29 is 9.59 Å². The molecular weight excluding hydrogens is 248 g/mol. The molecular formula is C13H22N2O2S. The maximum absolute atomic E-state index is 10.9. The van der Waals surface area contributed by atoms with E-state index in [9.17, 15) is 9.59 Å². The minimum Gasteiger partial charge on any atom is -0.374 e. The molecule has 0 rings (SSSR count). The molecule has 18 heavy (non-hydrogen) atoms. The molecule has 2 N–H and O–H groups in total. The molecule has 0 fully saturated rings. The van der Waals surface area contributed by atoms with E-state index in [1.165, 1.54) is 0 Å². The average Bonchev–Trinajstić information content (AvgIpc) is 2.36. The van der Waals surface area contributed by atoms with E-state index in [0.29, 0.717) is 17.8 Å². The fourth-order valence-corrected chi connectivity index (χ4v) is 2.06. The number of carbonyl (C=O) groups excluding carboxylic acids is 2. The molecule has 0 bridgehead atoms. The Balaban J connectivity index is 4.19. The minimum atomic E-state index is -0.175. The van der Waals surface area contributed by atoms with Crippen molar-refractivity contribution in [2.75, 3.05) is 18.6 Å². The topological polar surface area (TPSA) is 70.0 Å². The van der Waals surface area contributed by atoms with Gasteiger partial charge in [0.05, 0.1) is 5.84 Å². The van der Waals surface area contributed by atoms with Crippen LogP contribution in [-0.4, -0.2) is 37.0 Å². The van der Waals surface area contributed by atoms with E-state index in [-0.39, 0.29) is 12.3 Å². The van der Waals surface area contributed by atoms with E-state index in [4.69, 9.17) is 5.41 Å². The molecule has 0 heterocycles. The predicted octanol–water partition coefficient (Wildman–Crippen LogP) is 2.05. The lowest BCUT2D eigenvalue weighted by Crippen LogP contribution is -2.27. The van der Waals surface area contributed by atoms with Crippen molar-refractivity contribution in [2.24, 2.45) is 5.92 Å². The summed E-state index contributed by atoms with van der Waals surface area (Å²) in [6.07, 6.45) is 7.04. The Morgan fingerprint density at radius 1 is 1.44 bits per heavy atom. The van der Waals surface area contributed by atoms with Gasteiger partial charge in [0.1, 0.15) is 12.6 Å². The Labute approximate surface area is 113 Å². The molecule has 0 aromatic rings. The standard InChI is InChI=1S/C13H22N2O2S/c1-3-11(10-17)12(5-7-16)9-13(14)15-6-4-8-18-2/h3,7,10,12H,4-6,8-9H2,1-2H3,(H2,14,15)/b11-3-/t12-/m0/s1. The smallest absolute Gasteiger partial charge is 0.146 e. The number of thioether (sulfide) groups is 1. The lowest BCUT2D eigenvalue weighted by atomic mass is 9.93. The van der Waals surface area contributed by atoms with Crippen LogP contribution in [0.1, 0.15) is 26.2 Å². The number of hydrogen-bond acceptors (Lipinski definition) is 4. The highest BCUT2D eigenvalue weighted by Crippen LogP contribution is 2.16. The number of hydrogen-bond donors (Lipinski definition) is 2. The number of nitrogens with one attached hydrogen (secondary N) is 2. The molecule has 1 atom stereocenters. The Bertz CT molecular complexity index is 303. The van der Waals surface area contributed by atoms with Gasteiger partial charge in [-0.15, -0.1) is 0 Å². The zero-order valence-electron chi connectivity index (χ0n) is 11.1. The average molecular weight is 270 g/mol. The van der Waals surface area contributed by atoms with Gasteiger partial charge in [0.15, 0.2) is 0 Å². The summed E-state index contributed by atoms with van der Waals surface area (Å²) < 4.78 is 0. The van der Waals surface area contributed by atoms with Gasteiger partial charge < -0.3 is 10.1 Å². The van der Waals surface area contributed by atoms with Gasteiger partial charge in [0.25, 0.3) is 0 Å². The van der Waals surface area contributed by atoms with Crippen molar-refractivity contribution in [3.63, 3.8) is 0 Å². The fraction of sp³-hybridized carbons (Fsp3) is 0.615. The van der Waals surface area contributed by atoms with Gasteiger partial charge in [-0.1, -0.05) is 6.08 Å². The monoisotopic (exact) mass is 270 g/mol. The van der Waals surface area contributed by atoms with E-state index in [1.807, 2.05) is 6.26 Å². The van der Waals surface area contributed by atoms with Gasteiger partial charge >= 0.3 is 0 Å². The SMILES string of the molecule is C/C=C(/C=O)[C@@H](CC=O)CC(=N)NCCCSC. The molecule has 0 aromatic heterocycles. The first kappa shape index (κ1) is 16.9. The van der Waals surface area contributed by atoms with Crippen LogP contribution in [0.25, 0.3) is 0 Å². The van der Waals surface area contributed by atoms with E-state index < -0.39 is 0 Å². The summed E-state index contributed by atoms with van der Waals surface area (Å²) in [5, 5.41) is 10.8. The number of amidine groups is 1. The molecule has 0 spiro atoms. The van der Waals surface area contributed by atoms with Crippen LogP contribution < -0.4 is 5.32 Å². The van der Waals surface area contributed by atoms with Crippen molar-refractivity contribution >= 4 is 30.2 Å². The Kier molecular flexibility index (Phi) is 10.3. The largest absolute Gasteiger partial charge is 0.374 e. The molecule has 0 aliphatic carbocycles. The summed E-state index contributed by atoms with van der Waals surface area (Å²) in [6, 6.07) is 0. The fourth-order valence-electron chi connectivity index (χ4n) is 1.63. The number of allylic oxidation sites excluding steroid dienone is 2. The normalized spacial score (nSPS) is 12.9. The second-order valence-corrected chi connectivity index (χ2v) is 4.95. The van der Waals surface area contributed by atoms with Gasteiger partial charge in [-0.25, -0.2) is 0 Å². The molecule has 0 radical (unpaired) electrons. The summed E-state index contributed by atoms with van der Waals surface area (Å²) in [7, 11) is 0. The maximum atomic E-state index is 10.9. The highest BCUT2D eigenvalue weighted by Gasteiger charge is 2.15. The summed E-state index contributed by atoms with van der Waals surface area (Å²) in [4.78, 5) is 21.5. The van der Waals surface area contributed by atoms with Gasteiger partial charge in [-0.05, 0) is 30.9 Å². The van der Waals surface area contributed by atoms with Crippen LogP contribution in [0.4, 0.5) is 0 Å². The second kappa shape index (κ2) is 11.0. The van der Waals surface area contributed by atoms with Crippen molar-refractivity contribution in [2.45, 2.75) is 26.2 Å². The molecule has 0 aliphatic heterocycles. The van der Waals surface area contributed by atoms with E-state index >= 15 is 0 Å². The van der Waals surface area contributed by atoms with E-state index in [2.05, 4.69) is 5.32 Å². The van der Waals surface area contributed by atoms with E-state index in [0.717, 1.165) is 31.3 Å². The Morgan fingerprint density at radius 3 is 2.67 bits per heavy atom. The Morgan fingerprint density at radius 2 is 2.17 bits per heavy atom. The molecule has 0 saturated heterocycles. The molecule has 0 aliphatic rings. The molecule has 5 heteroatoms. The summed E-state index contributed by atoms with van der Waals surface area (Å²) >= 11 is 1.78. The summed E-state index contributed by atoms with van der Waals surface area (Å²) in [5.41, 5.74) is 0.595. The van der Waals surface area contributed by atoms with Crippen LogP contribution in [-0.2, 0) is 9.59 Å². The van der Waals surface area contributed by atoms with Crippen LogP contribution in [0.3, 0.4) is 0 Å². The molecule has 0 amide bonds. The molecule has 0 saturated carbocycles. The second-order valence-electron chi connectivity index (χ2n) is 3.96. The first-order valence-corrected chi connectivity index (χ1v) is 7.44. The van der Waals surface area contributed by atoms with E-state index in [1.54, 1.807) is 24.8 Å². The highest BCUT2D eigenvalue weighted by atomic mass is 32.2. The zero-order valence-corrected chi connectivity index (χ0v) is 11.9. The zero-order chi connectivity index (χ0) is 13.8. The summed E-state index contributed by atoms with van der Waals surface area (Å²) in [5.74, 6) is 1.28. The quantitative estimate of drug-likeness (QED) is 0.209. The first-order valence-electron chi connectivity index (χ1n) is 6.04. The van der Waals surface area contributed by atoms with Crippen molar-refractivity contribution in [1.82, 2.24) is 5.32 Å². The third-order valence-electron chi connectivity index (χ3n) is 2.64. The van der Waals surface area contributed by atoms with Crippen molar-refractivity contribution in [1.29, 1.82) is 5.41 Å². The lowest BCUT2D eigenvalue weighted by molar-refractivity contribution is -0.108. The highest BCUT2D eigenvalue weighted by molar-refractivity contribution is 7.98. The van der Waals surface area contributed by atoms with Crippen LogP contribution in [0, 0.1) is 11.3 Å². The van der Waals surface area contributed by atoms with Crippen molar-refractivity contribution in [3.05, 3.63) is 11.6 Å². The third-order valence-corrected chi connectivity index (χ3v) is 3.33. The Hall–Kier alpha value is -1.10. The van der Waals surface area contributed by atoms with Gasteiger partial charge in [0, 0.05) is 25.3 Å². The third kappa shape index (κ3) is 7.27. The molecule has 0 aromatic carbocycles. The molecule has 102 valence electrons. The number of carbonyl (C=O) groups is 2. The molecule has 0 unspecified atom stereocenters. The minimum absolute atomic E-state index is 0.175. The van der Waals surface area contributed by atoms with Crippen LogP contribution in [0.2, 0.25) is 0 Å². The van der Waals surface area contributed by atoms with Crippen molar-refractivity contribution in [3.8, 4) is 0 Å². The number of aldehydes is 2.